The van der Waals surface area contributed by atoms with Crippen molar-refractivity contribution in [3.63, 3.8) is 0 Å². The third-order valence-electron chi connectivity index (χ3n) is 1.12. The predicted octanol–water partition coefficient (Wildman–Crippen LogP) is 1.08. The van der Waals surface area contributed by atoms with E-state index < -0.39 is 11.6 Å². The second-order valence-corrected chi connectivity index (χ2v) is 3.37. The molecule has 0 spiro atoms. The van der Waals surface area contributed by atoms with E-state index in [1.165, 1.54) is 0 Å². The first-order chi connectivity index (χ1) is 5.39. The van der Waals surface area contributed by atoms with E-state index in [0.717, 1.165) is 5.06 Å². The smallest absolute Gasteiger partial charge is 0.431 e. The zero-order chi connectivity index (χ0) is 9.78. The van der Waals surface area contributed by atoms with Crippen molar-refractivity contribution in [2.45, 2.75) is 26.3 Å². The summed E-state index contributed by atoms with van der Waals surface area (Å²) in [5.74, 6) is 0. The molecule has 0 aliphatic rings. The molecular weight excluding hydrogens is 196 g/mol. The number of halogens is 1. The van der Waals surface area contributed by atoms with Crippen molar-refractivity contribution in [2.24, 2.45) is 5.73 Å². The molecule has 0 aliphatic heterocycles. The van der Waals surface area contributed by atoms with Crippen LogP contribution in [0.1, 0.15) is 20.8 Å². The minimum Gasteiger partial charge on any atom is -0.463 e. The Kier molecular flexibility index (Phi) is 6.93. The summed E-state index contributed by atoms with van der Waals surface area (Å²) < 4.78 is 0. The van der Waals surface area contributed by atoms with E-state index in [4.69, 9.17) is 15.7 Å². The number of hydrogen-bond donors (Lipinski definition) is 2. The zero-order valence-corrected chi connectivity index (χ0v) is 8.93. The Hall–Kier alpha value is -0.520. The number of carboxylic acid groups (broad SMARTS) is 1. The molecule has 13 heavy (non-hydrogen) atoms. The normalized spacial score (nSPS) is 10.5. The number of hydroxylamine groups is 2. The highest BCUT2D eigenvalue weighted by Crippen LogP contribution is 2.13. The highest BCUT2D eigenvalue weighted by Gasteiger charge is 2.27. The largest absolute Gasteiger partial charge is 0.463 e. The molecule has 6 heteroatoms. The van der Waals surface area contributed by atoms with Crippen molar-refractivity contribution in [2.75, 3.05) is 13.2 Å². The third-order valence-corrected chi connectivity index (χ3v) is 1.12. The van der Waals surface area contributed by atoms with Crippen LogP contribution in [-0.2, 0) is 4.84 Å². The van der Waals surface area contributed by atoms with E-state index in [1.807, 2.05) is 0 Å². The Labute approximate surface area is 84.2 Å². The molecule has 0 heterocycles. The highest BCUT2D eigenvalue weighted by molar-refractivity contribution is 5.85. The minimum absolute atomic E-state index is 0. The van der Waals surface area contributed by atoms with E-state index in [0.29, 0.717) is 6.54 Å². The van der Waals surface area contributed by atoms with Gasteiger partial charge in [0.2, 0.25) is 0 Å². The van der Waals surface area contributed by atoms with Crippen LogP contribution in [0.15, 0.2) is 0 Å². The van der Waals surface area contributed by atoms with Crippen molar-refractivity contribution < 1.29 is 14.7 Å². The van der Waals surface area contributed by atoms with E-state index in [-0.39, 0.29) is 19.0 Å². The van der Waals surface area contributed by atoms with Gasteiger partial charge in [0.05, 0.1) is 12.1 Å². The maximum atomic E-state index is 10.6. The number of amides is 1. The van der Waals surface area contributed by atoms with Crippen LogP contribution in [0.2, 0.25) is 0 Å². The molecule has 0 aromatic carbocycles. The third kappa shape index (κ3) is 5.68. The van der Waals surface area contributed by atoms with Crippen LogP contribution in [-0.4, -0.2) is 35.0 Å². The monoisotopic (exact) mass is 212 g/mol. The second-order valence-electron chi connectivity index (χ2n) is 3.37. The number of nitrogens with two attached hydrogens (primary N) is 1. The molecule has 0 atom stereocenters. The van der Waals surface area contributed by atoms with E-state index in [1.54, 1.807) is 20.8 Å². The van der Waals surface area contributed by atoms with Gasteiger partial charge in [0.1, 0.15) is 0 Å². The van der Waals surface area contributed by atoms with Crippen molar-refractivity contribution in [1.82, 2.24) is 5.06 Å². The first kappa shape index (κ1) is 15.0. The fraction of sp³-hybridized carbons (Fsp3) is 0.857. The lowest BCUT2D eigenvalue weighted by Crippen LogP contribution is -2.45. The van der Waals surface area contributed by atoms with Gasteiger partial charge in [-0.3, -0.25) is 4.84 Å². The van der Waals surface area contributed by atoms with Crippen LogP contribution >= 0.6 is 12.4 Å². The molecule has 0 bridgehead atoms. The standard InChI is InChI=1S/C7H16N2O3.ClH/c1-7(2,3)9(6(10)11)12-5-4-8;/h4-5,8H2,1-3H3,(H,10,11);1H. The van der Waals surface area contributed by atoms with Gasteiger partial charge < -0.3 is 10.8 Å². The Balaban J connectivity index is 0. The molecule has 0 saturated carbocycles. The minimum atomic E-state index is -1.10. The van der Waals surface area contributed by atoms with Crippen LogP contribution in [0.25, 0.3) is 0 Å². The van der Waals surface area contributed by atoms with Gasteiger partial charge in [0.15, 0.2) is 0 Å². The Morgan fingerprint density at radius 3 is 2.23 bits per heavy atom. The summed E-state index contributed by atoms with van der Waals surface area (Å²) in [6.07, 6.45) is -1.10. The van der Waals surface area contributed by atoms with E-state index in [9.17, 15) is 4.79 Å². The predicted molar refractivity (Wildman–Crippen MR) is 51.9 cm³/mol. The first-order valence-electron chi connectivity index (χ1n) is 3.75. The maximum Gasteiger partial charge on any atom is 0.431 e. The Morgan fingerprint density at radius 2 is 2.00 bits per heavy atom. The molecule has 0 fully saturated rings. The molecule has 0 aromatic rings. The summed E-state index contributed by atoms with van der Waals surface area (Å²) in [7, 11) is 0. The first-order valence-corrected chi connectivity index (χ1v) is 3.75. The van der Waals surface area contributed by atoms with Crippen molar-refractivity contribution in [1.29, 1.82) is 0 Å². The van der Waals surface area contributed by atoms with Crippen LogP contribution < -0.4 is 5.73 Å². The van der Waals surface area contributed by atoms with Crippen molar-refractivity contribution in [3.05, 3.63) is 0 Å². The van der Waals surface area contributed by atoms with Crippen LogP contribution in [0, 0.1) is 0 Å². The number of carbonyl (C=O) groups is 1. The SMILES string of the molecule is CC(C)(C)N(OCCN)C(=O)O.Cl. The molecule has 3 N–H and O–H groups in total. The maximum absolute atomic E-state index is 10.6. The molecule has 1 amide bonds. The summed E-state index contributed by atoms with van der Waals surface area (Å²) >= 11 is 0. The van der Waals surface area contributed by atoms with Crippen molar-refractivity contribution >= 4 is 18.5 Å². The number of rotatable bonds is 3. The molecule has 0 rings (SSSR count). The molecule has 80 valence electrons. The second kappa shape index (κ2) is 6.01. The molecule has 0 saturated heterocycles. The molecule has 0 unspecified atom stereocenters. The molecule has 0 aliphatic carbocycles. The average Bonchev–Trinajstić information content (AvgIpc) is 1.84. The van der Waals surface area contributed by atoms with Crippen LogP contribution in [0.4, 0.5) is 4.79 Å². The van der Waals surface area contributed by atoms with Gasteiger partial charge in [0.25, 0.3) is 0 Å². The van der Waals surface area contributed by atoms with Crippen LogP contribution in [0.5, 0.6) is 0 Å². The van der Waals surface area contributed by atoms with Crippen molar-refractivity contribution in [3.8, 4) is 0 Å². The van der Waals surface area contributed by atoms with Gasteiger partial charge in [-0.15, -0.1) is 12.4 Å². The lowest BCUT2D eigenvalue weighted by molar-refractivity contribution is -0.176. The fourth-order valence-electron chi connectivity index (χ4n) is 0.680. The van der Waals surface area contributed by atoms with E-state index >= 15 is 0 Å². The lowest BCUT2D eigenvalue weighted by atomic mass is 10.1. The van der Waals surface area contributed by atoms with Gasteiger partial charge in [-0.1, -0.05) is 0 Å². The Bertz CT molecular complexity index is 158. The summed E-state index contributed by atoms with van der Waals surface area (Å²) in [5, 5.41) is 9.60. The van der Waals surface area contributed by atoms with Gasteiger partial charge >= 0.3 is 6.09 Å². The van der Waals surface area contributed by atoms with Gasteiger partial charge in [-0.05, 0) is 20.8 Å². The summed E-state index contributed by atoms with van der Waals surface area (Å²) in [5.41, 5.74) is 4.62. The molecule has 0 aromatic heterocycles. The van der Waals surface area contributed by atoms with Gasteiger partial charge in [0, 0.05) is 6.54 Å². The number of nitrogens with zero attached hydrogens (tertiary/aromatic N) is 1. The Morgan fingerprint density at radius 1 is 1.54 bits per heavy atom. The quantitative estimate of drug-likeness (QED) is 0.687. The number of hydrogen-bond acceptors (Lipinski definition) is 3. The van der Waals surface area contributed by atoms with E-state index in [2.05, 4.69) is 0 Å². The van der Waals surface area contributed by atoms with Gasteiger partial charge in [-0.25, -0.2) is 4.79 Å². The summed E-state index contributed by atoms with van der Waals surface area (Å²) in [6.45, 7) is 5.76. The molecular formula is C7H17ClN2O3. The van der Waals surface area contributed by atoms with Crippen LogP contribution in [0.3, 0.4) is 0 Å². The van der Waals surface area contributed by atoms with Gasteiger partial charge in [-0.2, -0.15) is 5.06 Å². The zero-order valence-electron chi connectivity index (χ0n) is 8.11. The topological polar surface area (TPSA) is 75.8 Å². The highest BCUT2D eigenvalue weighted by atomic mass is 35.5. The summed E-state index contributed by atoms with van der Waals surface area (Å²) in [6, 6.07) is 0. The summed E-state index contributed by atoms with van der Waals surface area (Å²) in [4.78, 5) is 15.5. The average molecular weight is 213 g/mol. The lowest BCUT2D eigenvalue weighted by Gasteiger charge is -2.31. The molecule has 0 radical (unpaired) electrons. The molecule has 5 nitrogen and oxygen atoms in total. The fourth-order valence-corrected chi connectivity index (χ4v) is 0.680.